The number of allylic oxidation sites excluding steroid dienone is 2. The quantitative estimate of drug-likeness (QED) is 0.00922. The smallest absolute Gasteiger partial charge is 0.462 e. The first-order valence-electron chi connectivity index (χ1n) is 44.3. The molecule has 0 amide bonds. The van der Waals surface area contributed by atoms with Gasteiger partial charge in [0.1, 0.15) is 62.0 Å². The SMILES string of the molecule is CCCCCCCCCCCCCCCC(=O)OC[C@H](COP(=O)(O)OCC1OC(OC2OC(COP(=O)(O)OC[C@@H](COC(=O)CCCCCCCCCCCCCCC)OC(=O)CCCCCCC[C@H]3C=C3CCCCCC)C(O)C(O)C2O)C(O)C(O)C1O)OC(=O)CCCCCCC[C@H]1C[C@H]1CCCCCC. The van der Waals surface area contributed by atoms with Crippen molar-refractivity contribution in [1.82, 2.24) is 0 Å². The predicted molar refractivity (Wildman–Crippen MR) is 426 cm³/mol. The molecule has 0 aromatic carbocycles. The number of ether oxygens (including phenoxy) is 7. The van der Waals surface area contributed by atoms with Crippen molar-refractivity contribution in [3.63, 3.8) is 0 Å². The summed E-state index contributed by atoms with van der Waals surface area (Å²) in [7, 11) is -10.3. The van der Waals surface area contributed by atoms with Gasteiger partial charge in [0, 0.05) is 25.7 Å². The number of aliphatic hydroxyl groups excluding tert-OH is 6. The summed E-state index contributed by atoms with van der Waals surface area (Å²) < 4.78 is 86.9. The molecule has 17 atom stereocenters. The highest BCUT2D eigenvalue weighted by molar-refractivity contribution is 7.47. The molecule has 0 bridgehead atoms. The fourth-order valence-electron chi connectivity index (χ4n) is 14.8. The second-order valence-corrected chi connectivity index (χ2v) is 35.1. The lowest BCUT2D eigenvalue weighted by atomic mass is 9.98. The Morgan fingerprint density at radius 2 is 0.667 bits per heavy atom. The van der Waals surface area contributed by atoms with Crippen LogP contribution in [0.5, 0.6) is 0 Å². The van der Waals surface area contributed by atoms with Crippen LogP contribution in [0.4, 0.5) is 0 Å². The Morgan fingerprint density at radius 1 is 0.369 bits per heavy atom. The lowest BCUT2D eigenvalue weighted by Gasteiger charge is -2.45. The Morgan fingerprint density at radius 3 is 1.02 bits per heavy atom. The van der Waals surface area contributed by atoms with E-state index in [2.05, 4.69) is 33.8 Å². The van der Waals surface area contributed by atoms with Crippen molar-refractivity contribution in [2.24, 2.45) is 17.8 Å². The molecule has 2 saturated heterocycles. The van der Waals surface area contributed by atoms with Gasteiger partial charge in [-0.05, 0) is 69.1 Å². The van der Waals surface area contributed by atoms with E-state index < -0.39 is 153 Å². The molecule has 0 aromatic heterocycles. The zero-order valence-corrected chi connectivity index (χ0v) is 70.7. The summed E-state index contributed by atoms with van der Waals surface area (Å²) in [5.74, 6) is -0.0189. The summed E-state index contributed by atoms with van der Waals surface area (Å²) in [5, 5.41) is 65.9. The van der Waals surface area contributed by atoms with E-state index >= 15 is 0 Å². The molecule has 2 heterocycles. The van der Waals surface area contributed by atoms with Gasteiger partial charge >= 0.3 is 39.5 Å². The molecule has 4 rings (SSSR count). The van der Waals surface area contributed by atoms with Crippen LogP contribution in [0.15, 0.2) is 11.6 Å². The van der Waals surface area contributed by atoms with Crippen molar-refractivity contribution in [2.45, 2.75) is 442 Å². The largest absolute Gasteiger partial charge is 0.472 e. The van der Waals surface area contributed by atoms with Gasteiger partial charge in [0.2, 0.25) is 0 Å². The van der Waals surface area contributed by atoms with Gasteiger partial charge in [0.25, 0.3) is 0 Å². The number of unbranched alkanes of at least 4 members (excludes halogenated alkanes) is 38. The van der Waals surface area contributed by atoms with E-state index in [-0.39, 0.29) is 25.7 Å². The highest BCUT2D eigenvalue weighted by atomic mass is 31.2. The van der Waals surface area contributed by atoms with Gasteiger partial charge in [-0.2, -0.15) is 0 Å². The predicted octanol–water partition coefficient (Wildman–Crippen LogP) is 17.4. The molecule has 0 spiro atoms. The molecule has 4 aliphatic rings. The maximum atomic E-state index is 13.5. The summed E-state index contributed by atoms with van der Waals surface area (Å²) in [5.41, 5.74) is 1.58. The summed E-state index contributed by atoms with van der Waals surface area (Å²) >= 11 is 0. The molecule has 27 heteroatoms. The van der Waals surface area contributed by atoms with Gasteiger partial charge in [-0.15, -0.1) is 0 Å². The van der Waals surface area contributed by atoms with Crippen LogP contribution in [0.2, 0.25) is 0 Å². The van der Waals surface area contributed by atoms with Crippen molar-refractivity contribution >= 4 is 39.5 Å². The summed E-state index contributed by atoms with van der Waals surface area (Å²) in [6.07, 6.45) is 34.5. The molecule has 650 valence electrons. The van der Waals surface area contributed by atoms with Crippen LogP contribution in [-0.2, 0) is 79.6 Å². The molecule has 1 saturated carbocycles. The zero-order valence-electron chi connectivity index (χ0n) is 68.9. The topological polar surface area (TPSA) is 366 Å². The summed E-state index contributed by atoms with van der Waals surface area (Å²) in [4.78, 5) is 74.1. The van der Waals surface area contributed by atoms with E-state index in [9.17, 15) is 68.7 Å². The third-order valence-corrected chi connectivity index (χ3v) is 24.0. The normalized spacial score (nSPS) is 24.6. The van der Waals surface area contributed by atoms with E-state index in [1.807, 2.05) is 0 Å². The first-order chi connectivity index (χ1) is 53.6. The van der Waals surface area contributed by atoms with E-state index in [1.54, 1.807) is 5.57 Å². The van der Waals surface area contributed by atoms with Crippen LogP contribution < -0.4 is 0 Å². The average molecular weight is 1630 g/mol. The molecule has 8 N–H and O–H groups in total. The van der Waals surface area contributed by atoms with Crippen molar-refractivity contribution in [1.29, 1.82) is 0 Å². The number of hydrogen-bond donors (Lipinski definition) is 8. The Balaban J connectivity index is 1.27. The minimum atomic E-state index is -5.17. The number of phosphoric acid groups is 2. The van der Waals surface area contributed by atoms with Gasteiger partial charge in [-0.25, -0.2) is 9.13 Å². The van der Waals surface area contributed by atoms with Crippen LogP contribution in [-0.4, -0.2) is 178 Å². The monoisotopic (exact) mass is 1630 g/mol. The van der Waals surface area contributed by atoms with E-state index in [0.29, 0.717) is 31.6 Å². The van der Waals surface area contributed by atoms with E-state index in [0.717, 1.165) is 121 Å². The fraction of sp³-hybridized carbons (Fsp3) is 0.929. The highest BCUT2D eigenvalue weighted by Crippen LogP contribution is 2.47. The third-order valence-electron chi connectivity index (χ3n) is 22.1. The number of carbonyl (C=O) groups is 4. The minimum Gasteiger partial charge on any atom is -0.462 e. The number of aliphatic hydroxyl groups is 6. The number of hydrogen-bond acceptors (Lipinski definition) is 23. The number of esters is 4. The molecule has 111 heavy (non-hydrogen) atoms. The van der Waals surface area contributed by atoms with Crippen molar-refractivity contribution in [2.75, 3.05) is 39.6 Å². The standard InChI is InChI=1S/C84H154O25P2/c1-5-9-13-17-19-21-23-25-27-29-31-37-45-53-73(85)99-59-69(105-75(87)55-47-39-33-35-43-51-67-57-65(67)49-41-15-11-7-3)61-101-110(95,96)103-63-71-77(89)79(91)81(93)83(107-71)109-84-82(94)80(92)78(90)72(108-84)64-104-111(97,98)102-62-70(60-100-74(86)54-46-38-32-30-28-26-24-22-20-18-14-10-6-2)106-76(88)56-48-40-34-36-44-52-68-58-66(68)50-42-16-12-8-4/h57,66-72,77-84,89-94H,5-56,58-64H2,1-4H3,(H,95,96)(H,97,98)/t66-,67+,68+,69-,70-,71?,72?,77?,78?,79?,80?,81?,82?,83?,84?/m1/s1. The maximum Gasteiger partial charge on any atom is 0.472 e. The number of phosphoric ester groups is 2. The first-order valence-corrected chi connectivity index (χ1v) is 47.3. The molecular formula is C84H154O25P2. The molecule has 2 aliphatic heterocycles. The van der Waals surface area contributed by atoms with Crippen LogP contribution >= 0.6 is 15.6 Å². The van der Waals surface area contributed by atoms with E-state index in [4.69, 9.17) is 51.3 Å². The first kappa shape index (κ1) is 101. The Bertz CT molecular complexity index is 2390. The second-order valence-electron chi connectivity index (χ2n) is 32.2. The zero-order chi connectivity index (χ0) is 80.8. The van der Waals surface area contributed by atoms with Gasteiger partial charge in [0.05, 0.1) is 26.4 Å². The number of rotatable bonds is 74. The minimum absolute atomic E-state index is 0.0385. The highest BCUT2D eigenvalue weighted by Gasteiger charge is 2.51. The lowest BCUT2D eigenvalue weighted by Crippen LogP contribution is -2.63. The molecule has 12 unspecified atom stereocenters. The Hall–Kier alpha value is -2.52. The van der Waals surface area contributed by atoms with Crippen molar-refractivity contribution in [3.05, 3.63) is 11.6 Å². The molecule has 0 aromatic rings. The van der Waals surface area contributed by atoms with Crippen LogP contribution in [0, 0.1) is 17.8 Å². The average Bonchev–Trinajstić information content (AvgIpc) is 1.64. The van der Waals surface area contributed by atoms with Crippen molar-refractivity contribution in [3.8, 4) is 0 Å². The van der Waals surface area contributed by atoms with Crippen molar-refractivity contribution < 1.29 is 120 Å². The summed E-state index contributed by atoms with van der Waals surface area (Å²) in [6.45, 7) is 4.31. The molecule has 2 aliphatic carbocycles. The Labute approximate surface area is 667 Å². The Kier molecular flexibility index (Phi) is 56.1. The maximum absolute atomic E-state index is 13.5. The van der Waals surface area contributed by atoms with E-state index in [1.165, 1.54) is 180 Å². The van der Waals surface area contributed by atoms with Crippen LogP contribution in [0.3, 0.4) is 0 Å². The second kappa shape index (κ2) is 61.7. The molecule has 25 nitrogen and oxygen atoms in total. The van der Waals surface area contributed by atoms with Crippen LogP contribution in [0.1, 0.15) is 368 Å². The molecule has 0 radical (unpaired) electrons. The number of carbonyl (C=O) groups excluding carboxylic acids is 4. The third kappa shape index (κ3) is 48.2. The van der Waals surface area contributed by atoms with Gasteiger partial charge in [0.15, 0.2) is 24.8 Å². The van der Waals surface area contributed by atoms with Crippen LogP contribution in [0.25, 0.3) is 0 Å². The lowest BCUT2D eigenvalue weighted by molar-refractivity contribution is -0.376. The molecule has 3 fully saturated rings. The fourth-order valence-corrected chi connectivity index (χ4v) is 16.3. The van der Waals surface area contributed by atoms with Gasteiger partial charge < -0.3 is 73.6 Å². The van der Waals surface area contributed by atoms with Gasteiger partial charge in [-0.1, -0.05) is 303 Å². The van der Waals surface area contributed by atoms with Gasteiger partial charge in [-0.3, -0.25) is 37.3 Å². The molecular weight excluding hydrogens is 1470 g/mol. The summed E-state index contributed by atoms with van der Waals surface area (Å²) in [6, 6.07) is 0.